The van der Waals surface area contributed by atoms with Gasteiger partial charge in [0.05, 0.1) is 36.7 Å². The van der Waals surface area contributed by atoms with Crippen molar-refractivity contribution in [1.29, 1.82) is 0 Å². The molecule has 1 N–H and O–H groups in total. The van der Waals surface area contributed by atoms with Crippen LogP contribution in [0.1, 0.15) is 44.9 Å². The molecule has 2 heterocycles. The summed E-state index contributed by atoms with van der Waals surface area (Å²) in [5, 5.41) is 2.89. The van der Waals surface area contributed by atoms with Crippen molar-refractivity contribution in [3.63, 3.8) is 0 Å². The summed E-state index contributed by atoms with van der Waals surface area (Å²) in [6.45, 7) is 2.32. The summed E-state index contributed by atoms with van der Waals surface area (Å²) >= 11 is 0. The highest BCUT2D eigenvalue weighted by atomic mass is 32.2. The molecule has 7 nitrogen and oxygen atoms in total. The van der Waals surface area contributed by atoms with Crippen molar-refractivity contribution >= 4 is 21.7 Å². The molecule has 0 aromatic carbocycles. The third kappa shape index (κ3) is 4.01. The Balaban J connectivity index is 1.48. The van der Waals surface area contributed by atoms with E-state index in [9.17, 15) is 18.0 Å². The minimum Gasteiger partial charge on any atom is -0.379 e. The number of carbonyl (C=O) groups excluding carboxylic acids is 2. The number of ether oxygens (including phenoxy) is 1. The summed E-state index contributed by atoms with van der Waals surface area (Å²) in [5.74, 6) is -1.20. The van der Waals surface area contributed by atoms with Gasteiger partial charge in [-0.1, -0.05) is 19.3 Å². The van der Waals surface area contributed by atoms with E-state index in [0.717, 1.165) is 44.9 Å². The van der Waals surface area contributed by atoms with Gasteiger partial charge in [0, 0.05) is 24.4 Å². The summed E-state index contributed by atoms with van der Waals surface area (Å²) in [6, 6.07) is -0.598. The van der Waals surface area contributed by atoms with E-state index in [1.54, 1.807) is 0 Å². The van der Waals surface area contributed by atoms with Crippen LogP contribution in [0.15, 0.2) is 0 Å². The monoisotopic (exact) mass is 398 g/mol. The van der Waals surface area contributed by atoms with E-state index in [4.69, 9.17) is 4.74 Å². The highest BCUT2D eigenvalue weighted by molar-refractivity contribution is 7.91. The lowest BCUT2D eigenvalue weighted by Crippen LogP contribution is -2.51. The Kier molecular flexibility index (Phi) is 5.22. The van der Waals surface area contributed by atoms with Gasteiger partial charge in [-0.2, -0.15) is 0 Å². The van der Waals surface area contributed by atoms with E-state index in [2.05, 4.69) is 5.32 Å². The molecule has 152 valence electrons. The van der Waals surface area contributed by atoms with Crippen molar-refractivity contribution in [3.05, 3.63) is 0 Å². The van der Waals surface area contributed by atoms with Gasteiger partial charge in [-0.15, -0.1) is 0 Å². The fourth-order valence-electron chi connectivity index (χ4n) is 5.05. The minimum atomic E-state index is -3.32. The Labute approximate surface area is 161 Å². The zero-order valence-corrected chi connectivity index (χ0v) is 16.6. The fourth-order valence-corrected chi connectivity index (χ4v) is 6.97. The van der Waals surface area contributed by atoms with Crippen LogP contribution >= 0.6 is 0 Å². The Morgan fingerprint density at radius 2 is 1.81 bits per heavy atom. The number of nitrogens with one attached hydrogen (secondary N) is 1. The van der Waals surface area contributed by atoms with E-state index in [0.29, 0.717) is 26.3 Å². The maximum Gasteiger partial charge on any atom is 0.228 e. The molecule has 8 heteroatoms. The molecule has 2 aliphatic carbocycles. The van der Waals surface area contributed by atoms with Crippen LogP contribution in [0.25, 0.3) is 0 Å². The Bertz CT molecular complexity index is 697. The third-order valence-corrected chi connectivity index (χ3v) is 8.62. The van der Waals surface area contributed by atoms with Gasteiger partial charge in [0.15, 0.2) is 9.84 Å². The largest absolute Gasteiger partial charge is 0.379 e. The smallest absolute Gasteiger partial charge is 0.228 e. The summed E-state index contributed by atoms with van der Waals surface area (Å²) in [4.78, 5) is 27.4. The molecule has 0 radical (unpaired) electrons. The molecule has 0 unspecified atom stereocenters. The normalized spacial score (nSPS) is 32.8. The van der Waals surface area contributed by atoms with Gasteiger partial charge >= 0.3 is 0 Å². The average molecular weight is 399 g/mol. The predicted octanol–water partition coefficient (Wildman–Crippen LogP) is 0.735. The van der Waals surface area contributed by atoms with Crippen LogP contribution in [-0.4, -0.2) is 69.0 Å². The van der Waals surface area contributed by atoms with Crippen molar-refractivity contribution in [2.45, 2.75) is 51.0 Å². The molecule has 2 atom stereocenters. The molecule has 0 aromatic rings. The number of hydrogen-bond acceptors (Lipinski definition) is 5. The second-order valence-electron chi connectivity index (χ2n) is 8.95. The molecule has 2 amide bonds. The zero-order chi connectivity index (χ0) is 19.1. The lowest BCUT2D eigenvalue weighted by molar-refractivity contribution is -0.137. The third-order valence-electron chi connectivity index (χ3n) is 6.89. The van der Waals surface area contributed by atoms with Gasteiger partial charge in [0.25, 0.3) is 0 Å². The maximum atomic E-state index is 13.3. The highest BCUT2D eigenvalue weighted by Crippen LogP contribution is 2.40. The highest BCUT2D eigenvalue weighted by Gasteiger charge is 2.47. The Morgan fingerprint density at radius 3 is 2.48 bits per heavy atom. The van der Waals surface area contributed by atoms with E-state index < -0.39 is 21.8 Å². The van der Waals surface area contributed by atoms with Crippen LogP contribution in [0.2, 0.25) is 0 Å². The summed E-state index contributed by atoms with van der Waals surface area (Å²) in [6.07, 6.45) is 7.18. The number of hydrogen-bond donors (Lipinski definition) is 1. The van der Waals surface area contributed by atoms with E-state index in [1.165, 1.54) is 0 Å². The van der Waals surface area contributed by atoms with Gasteiger partial charge in [-0.05, 0) is 25.7 Å². The average Bonchev–Trinajstić information content (AvgIpc) is 3.04. The van der Waals surface area contributed by atoms with Crippen molar-refractivity contribution in [1.82, 2.24) is 10.2 Å². The molecule has 4 aliphatic rings. The SMILES string of the molecule is O=C(N[C@@H]1CS(=O)(=O)C[C@H]1C(=O)N1CCOCC2(CCCC2)C1)C1CCC1. The number of nitrogens with zero attached hydrogens (tertiary/aromatic N) is 1. The predicted molar refractivity (Wildman–Crippen MR) is 99.7 cm³/mol. The molecule has 27 heavy (non-hydrogen) atoms. The van der Waals surface area contributed by atoms with E-state index in [-0.39, 0.29) is 34.7 Å². The van der Waals surface area contributed by atoms with Gasteiger partial charge in [-0.3, -0.25) is 9.59 Å². The number of amides is 2. The second-order valence-corrected chi connectivity index (χ2v) is 11.1. The van der Waals surface area contributed by atoms with Crippen molar-refractivity contribution in [2.75, 3.05) is 37.8 Å². The van der Waals surface area contributed by atoms with Gasteiger partial charge in [0.2, 0.25) is 11.8 Å². The molecule has 2 saturated heterocycles. The Morgan fingerprint density at radius 1 is 1.07 bits per heavy atom. The van der Waals surface area contributed by atoms with Gasteiger partial charge < -0.3 is 15.0 Å². The molecule has 2 aliphatic heterocycles. The lowest BCUT2D eigenvalue weighted by Gasteiger charge is -2.34. The molecule has 0 bridgehead atoms. The summed E-state index contributed by atoms with van der Waals surface area (Å²) in [7, 11) is -3.32. The van der Waals surface area contributed by atoms with Crippen molar-refractivity contribution in [2.24, 2.45) is 17.3 Å². The van der Waals surface area contributed by atoms with Crippen LogP contribution in [0, 0.1) is 17.3 Å². The first kappa shape index (κ1) is 19.2. The number of rotatable bonds is 3. The molecule has 4 rings (SSSR count). The van der Waals surface area contributed by atoms with E-state index >= 15 is 0 Å². The molecular weight excluding hydrogens is 368 g/mol. The van der Waals surface area contributed by atoms with Crippen LogP contribution < -0.4 is 5.32 Å². The zero-order valence-electron chi connectivity index (χ0n) is 15.8. The van der Waals surface area contributed by atoms with E-state index in [1.807, 2.05) is 4.90 Å². The number of sulfone groups is 1. The number of carbonyl (C=O) groups is 2. The van der Waals surface area contributed by atoms with Gasteiger partial charge in [-0.25, -0.2) is 8.42 Å². The first-order valence-corrected chi connectivity index (χ1v) is 12.1. The molecule has 4 fully saturated rings. The summed E-state index contributed by atoms with van der Waals surface area (Å²) < 4.78 is 30.3. The van der Waals surface area contributed by atoms with Crippen LogP contribution in [0.3, 0.4) is 0 Å². The topological polar surface area (TPSA) is 92.8 Å². The first-order chi connectivity index (χ1) is 12.9. The van der Waals surface area contributed by atoms with Crippen LogP contribution in [0.5, 0.6) is 0 Å². The minimum absolute atomic E-state index is 0.0163. The molecular formula is C19H30N2O5S. The Hall–Kier alpha value is -1.15. The molecule has 2 saturated carbocycles. The molecule has 0 aromatic heterocycles. The van der Waals surface area contributed by atoms with Crippen LogP contribution in [0.4, 0.5) is 0 Å². The fraction of sp³-hybridized carbons (Fsp3) is 0.895. The first-order valence-electron chi connectivity index (χ1n) is 10.2. The molecule has 1 spiro atoms. The quantitative estimate of drug-likeness (QED) is 0.757. The standard InChI is InChI=1S/C19H30N2O5S/c22-17(14-4-3-5-14)20-16-11-27(24,25)10-15(16)18(23)21-8-9-26-13-19(12-21)6-1-2-7-19/h14-16H,1-13H2,(H,20,22)/t15-,16-/m1/s1. The van der Waals surface area contributed by atoms with Crippen molar-refractivity contribution in [3.8, 4) is 0 Å². The van der Waals surface area contributed by atoms with Crippen LogP contribution in [-0.2, 0) is 24.2 Å². The lowest BCUT2D eigenvalue weighted by atomic mass is 9.84. The second kappa shape index (κ2) is 7.35. The summed E-state index contributed by atoms with van der Waals surface area (Å²) in [5.41, 5.74) is 0.0221. The maximum absolute atomic E-state index is 13.3. The van der Waals surface area contributed by atoms with Gasteiger partial charge in [0.1, 0.15) is 0 Å². The van der Waals surface area contributed by atoms with Crippen molar-refractivity contribution < 1.29 is 22.7 Å².